The molecule has 2 aromatic heterocycles. The zero-order valence-corrected chi connectivity index (χ0v) is 21.4. The first kappa shape index (κ1) is 25.4. The van der Waals surface area contributed by atoms with Gasteiger partial charge in [-0.15, -0.1) is 0 Å². The lowest BCUT2D eigenvalue weighted by molar-refractivity contribution is -0.120. The van der Waals surface area contributed by atoms with Gasteiger partial charge in [-0.3, -0.25) is 19.4 Å². The minimum absolute atomic E-state index is 0.150. The summed E-state index contributed by atoms with van der Waals surface area (Å²) in [7, 11) is 0. The average Bonchev–Trinajstić information content (AvgIpc) is 2.99. The Morgan fingerprint density at radius 2 is 1.74 bits per heavy atom. The van der Waals surface area contributed by atoms with Crippen LogP contribution in [0.5, 0.6) is 0 Å². The van der Waals surface area contributed by atoms with E-state index in [0.29, 0.717) is 32.7 Å². The van der Waals surface area contributed by atoms with Crippen molar-refractivity contribution >= 4 is 52.4 Å². The Kier molecular flexibility index (Phi) is 7.35. The summed E-state index contributed by atoms with van der Waals surface area (Å²) in [6, 6.07) is 17.6. The average molecular weight is 546 g/mol. The van der Waals surface area contributed by atoms with Crippen LogP contribution in [-0.4, -0.2) is 38.6 Å². The number of anilines is 2. The molecule has 190 valence electrons. The number of hydrogen-bond donors (Lipinski definition) is 2. The van der Waals surface area contributed by atoms with E-state index in [0.717, 1.165) is 11.1 Å². The molecule has 0 radical (unpaired) electrons. The molecule has 0 bridgehead atoms. The van der Waals surface area contributed by atoms with Crippen LogP contribution in [0.25, 0.3) is 0 Å². The molecule has 1 atom stereocenters. The number of nitrogens with zero attached hydrogens (tertiary/aromatic N) is 3. The second kappa shape index (κ2) is 11.0. The highest BCUT2D eigenvalue weighted by molar-refractivity contribution is 6.31. The largest absolute Gasteiger partial charge is 0.323 e. The van der Waals surface area contributed by atoms with Crippen LogP contribution in [-0.2, 0) is 17.8 Å². The summed E-state index contributed by atoms with van der Waals surface area (Å²) in [5.74, 6) is -0.646. The summed E-state index contributed by atoms with van der Waals surface area (Å²) in [5.41, 5.74) is 2.69. The zero-order valence-electron chi connectivity index (χ0n) is 19.9. The second-order valence-electron chi connectivity index (χ2n) is 8.70. The summed E-state index contributed by atoms with van der Waals surface area (Å²) >= 11 is 12.1. The maximum absolute atomic E-state index is 13.7. The van der Waals surface area contributed by atoms with Gasteiger partial charge in [0.25, 0.3) is 11.8 Å². The van der Waals surface area contributed by atoms with Crippen LogP contribution in [0.4, 0.5) is 11.5 Å². The smallest absolute Gasteiger partial charge is 0.256 e. The fraction of sp³-hybridized carbons (Fsp3) is 0.107. The Bertz CT molecular complexity index is 1510. The molecule has 2 N–H and O–H groups in total. The predicted octanol–water partition coefficient (Wildman–Crippen LogP) is 5.24. The van der Waals surface area contributed by atoms with Gasteiger partial charge in [0.2, 0.25) is 5.91 Å². The topological polar surface area (TPSA) is 104 Å². The number of carbonyl (C=O) groups is 3. The van der Waals surface area contributed by atoms with E-state index in [-0.39, 0.29) is 30.7 Å². The van der Waals surface area contributed by atoms with E-state index >= 15 is 0 Å². The van der Waals surface area contributed by atoms with Crippen molar-refractivity contribution < 1.29 is 14.4 Å². The highest BCUT2D eigenvalue weighted by atomic mass is 35.5. The Labute approximate surface area is 228 Å². The normalized spacial score (nSPS) is 14.9. The number of aromatic nitrogens is 2. The molecule has 0 unspecified atom stereocenters. The van der Waals surface area contributed by atoms with Crippen LogP contribution in [0.3, 0.4) is 0 Å². The lowest BCUT2D eigenvalue weighted by Crippen LogP contribution is -2.46. The number of halogens is 2. The molecular weight excluding hydrogens is 525 g/mol. The number of hydrogen-bond acceptors (Lipinski definition) is 5. The molecule has 2 aromatic carbocycles. The van der Waals surface area contributed by atoms with Crippen LogP contribution in [0.15, 0.2) is 85.3 Å². The monoisotopic (exact) mass is 545 g/mol. The molecule has 1 aliphatic rings. The molecule has 38 heavy (non-hydrogen) atoms. The van der Waals surface area contributed by atoms with Gasteiger partial charge in [0, 0.05) is 47.2 Å². The van der Waals surface area contributed by atoms with Crippen molar-refractivity contribution in [2.24, 2.45) is 0 Å². The fourth-order valence-corrected chi connectivity index (χ4v) is 4.54. The molecule has 0 spiro atoms. The molecule has 4 aromatic rings. The lowest BCUT2D eigenvalue weighted by atomic mass is 10.0. The predicted molar refractivity (Wildman–Crippen MR) is 145 cm³/mol. The van der Waals surface area contributed by atoms with Crippen LogP contribution < -0.4 is 10.6 Å². The lowest BCUT2D eigenvalue weighted by Gasteiger charge is -2.29. The Morgan fingerprint density at radius 1 is 0.947 bits per heavy atom. The van der Waals surface area contributed by atoms with Crippen molar-refractivity contribution in [1.29, 1.82) is 0 Å². The van der Waals surface area contributed by atoms with E-state index < -0.39 is 6.04 Å². The first-order valence-electron chi connectivity index (χ1n) is 11.7. The van der Waals surface area contributed by atoms with Crippen LogP contribution in [0.1, 0.15) is 31.8 Å². The van der Waals surface area contributed by atoms with Gasteiger partial charge in [-0.2, -0.15) is 0 Å². The van der Waals surface area contributed by atoms with Gasteiger partial charge in [0.1, 0.15) is 11.9 Å². The van der Waals surface area contributed by atoms with E-state index in [4.69, 9.17) is 23.2 Å². The van der Waals surface area contributed by atoms with Gasteiger partial charge in [-0.1, -0.05) is 41.4 Å². The van der Waals surface area contributed by atoms with E-state index in [9.17, 15) is 14.4 Å². The van der Waals surface area contributed by atoms with Gasteiger partial charge in [0.05, 0.1) is 11.3 Å². The minimum atomic E-state index is -0.797. The number of nitrogens with one attached hydrogen (secondary N) is 2. The Balaban J connectivity index is 1.41. The third-order valence-electron chi connectivity index (χ3n) is 6.09. The highest BCUT2D eigenvalue weighted by Crippen LogP contribution is 2.29. The van der Waals surface area contributed by atoms with Crippen LogP contribution >= 0.6 is 23.2 Å². The van der Waals surface area contributed by atoms with Crippen molar-refractivity contribution in [3.63, 3.8) is 0 Å². The van der Waals surface area contributed by atoms with E-state index in [1.54, 1.807) is 73.1 Å². The van der Waals surface area contributed by atoms with Gasteiger partial charge < -0.3 is 15.5 Å². The first-order chi connectivity index (χ1) is 18.4. The van der Waals surface area contributed by atoms with Gasteiger partial charge in [0.15, 0.2) is 0 Å². The third-order valence-corrected chi connectivity index (χ3v) is 6.56. The standard InChI is InChI=1S/C28H21Cl2N5O3/c29-20-7-8-22-23(13-20)33-27(37)24(12-18-2-1-10-31-15-18)35(28(22)38)16-17-3-5-19(6-4-17)26(36)34-25-14-21(30)9-11-32-25/h1-11,13-15,24H,12,16H2,(H,33,37)(H,32,34,36)/t24-/m1/s1. The van der Waals surface area contributed by atoms with Crippen molar-refractivity contribution in [2.75, 3.05) is 10.6 Å². The van der Waals surface area contributed by atoms with Crippen molar-refractivity contribution in [3.05, 3.63) is 118 Å². The van der Waals surface area contributed by atoms with E-state index in [1.807, 2.05) is 6.07 Å². The molecule has 8 nitrogen and oxygen atoms in total. The number of pyridine rings is 2. The summed E-state index contributed by atoms with van der Waals surface area (Å²) < 4.78 is 0. The first-order valence-corrected chi connectivity index (χ1v) is 12.4. The number of benzene rings is 2. The summed E-state index contributed by atoms with van der Waals surface area (Å²) in [6.07, 6.45) is 5.11. The molecule has 5 rings (SSSR count). The number of fused-ring (bicyclic) bond motifs is 1. The second-order valence-corrected chi connectivity index (χ2v) is 9.58. The van der Waals surface area contributed by atoms with Gasteiger partial charge in [-0.25, -0.2) is 4.98 Å². The summed E-state index contributed by atoms with van der Waals surface area (Å²) in [4.78, 5) is 49.5. The number of rotatable bonds is 6. The van der Waals surface area contributed by atoms with Gasteiger partial charge >= 0.3 is 0 Å². The van der Waals surface area contributed by atoms with Gasteiger partial charge in [-0.05, 0) is 59.7 Å². The summed E-state index contributed by atoms with van der Waals surface area (Å²) in [5, 5.41) is 6.43. The molecule has 10 heteroatoms. The quantitative estimate of drug-likeness (QED) is 0.344. The van der Waals surface area contributed by atoms with Crippen LogP contribution in [0, 0.1) is 0 Å². The molecule has 0 saturated heterocycles. The van der Waals surface area contributed by atoms with Crippen molar-refractivity contribution in [1.82, 2.24) is 14.9 Å². The molecule has 3 heterocycles. The fourth-order valence-electron chi connectivity index (χ4n) is 4.21. The molecule has 0 fully saturated rings. The number of carbonyl (C=O) groups excluding carboxylic acids is 3. The SMILES string of the molecule is O=C(Nc1cc(Cl)ccn1)c1ccc(CN2C(=O)c3ccc(Cl)cc3NC(=O)[C@H]2Cc2cccnc2)cc1. The maximum atomic E-state index is 13.7. The maximum Gasteiger partial charge on any atom is 0.256 e. The van der Waals surface area contributed by atoms with Crippen molar-refractivity contribution in [2.45, 2.75) is 19.0 Å². The molecule has 0 aliphatic carbocycles. The summed E-state index contributed by atoms with van der Waals surface area (Å²) in [6.45, 7) is 0.150. The molecule has 1 aliphatic heterocycles. The Morgan fingerprint density at radius 3 is 2.47 bits per heavy atom. The van der Waals surface area contributed by atoms with E-state index in [1.165, 1.54) is 11.1 Å². The Hall–Kier alpha value is -4.27. The third kappa shape index (κ3) is 5.66. The minimum Gasteiger partial charge on any atom is -0.323 e. The molecular formula is C28H21Cl2N5O3. The van der Waals surface area contributed by atoms with Crippen molar-refractivity contribution in [3.8, 4) is 0 Å². The molecule has 3 amide bonds. The van der Waals surface area contributed by atoms with Crippen LogP contribution in [0.2, 0.25) is 10.0 Å². The highest BCUT2D eigenvalue weighted by Gasteiger charge is 2.35. The zero-order chi connectivity index (χ0) is 26.6. The molecule has 0 saturated carbocycles. The van der Waals surface area contributed by atoms with E-state index in [2.05, 4.69) is 20.6 Å². The number of amides is 3.